The summed E-state index contributed by atoms with van der Waals surface area (Å²) in [6.07, 6.45) is 3.56. The van der Waals surface area contributed by atoms with Crippen LogP contribution in [0.25, 0.3) is 0 Å². The number of hydrogen-bond donors (Lipinski definition) is 1. The minimum atomic E-state index is -0.714. The van der Waals surface area contributed by atoms with Crippen molar-refractivity contribution in [1.29, 1.82) is 0 Å². The third kappa shape index (κ3) is 2.58. The van der Waals surface area contributed by atoms with Gasteiger partial charge in [0.25, 0.3) is 0 Å². The van der Waals surface area contributed by atoms with Crippen molar-refractivity contribution in [2.24, 2.45) is 5.73 Å². The number of carbonyl (C=O) groups is 1. The van der Waals surface area contributed by atoms with E-state index in [1.165, 1.54) is 0 Å². The van der Waals surface area contributed by atoms with Crippen LogP contribution in [0.2, 0.25) is 0 Å². The van der Waals surface area contributed by atoms with Gasteiger partial charge >= 0.3 is 0 Å². The van der Waals surface area contributed by atoms with E-state index in [-0.39, 0.29) is 11.4 Å². The summed E-state index contributed by atoms with van der Waals surface area (Å²) >= 11 is 0. The first-order chi connectivity index (χ1) is 7.09. The molecule has 86 valence electrons. The molecule has 1 amide bonds. The van der Waals surface area contributed by atoms with Gasteiger partial charge in [0.1, 0.15) is 0 Å². The standard InChI is InChI=1S/C10H18N2O2S/c11-10(2-1-3-10)8-9(13)12-4-6-15(14)7-5-12/h1-8,11H2. The number of nitrogens with zero attached hydrogens (tertiary/aromatic N) is 1. The molecule has 1 saturated heterocycles. The second-order valence-electron chi connectivity index (χ2n) is 4.62. The first kappa shape index (κ1) is 11.1. The van der Waals surface area contributed by atoms with Gasteiger partial charge in [-0.1, -0.05) is 0 Å². The SMILES string of the molecule is NC1(CC(=O)N2CCS(=O)CC2)CCC1. The molecule has 0 aromatic carbocycles. The van der Waals surface area contributed by atoms with Crippen molar-refractivity contribution in [2.45, 2.75) is 31.2 Å². The molecule has 4 nitrogen and oxygen atoms in total. The van der Waals surface area contributed by atoms with Crippen molar-refractivity contribution in [1.82, 2.24) is 4.90 Å². The number of amides is 1. The molecule has 0 bridgehead atoms. The normalized spacial score (nSPS) is 26.1. The van der Waals surface area contributed by atoms with E-state index >= 15 is 0 Å². The summed E-state index contributed by atoms with van der Waals surface area (Å²) < 4.78 is 11.1. The second kappa shape index (κ2) is 4.22. The van der Waals surface area contributed by atoms with Crippen LogP contribution in [0.5, 0.6) is 0 Å². The van der Waals surface area contributed by atoms with Crippen LogP contribution in [0.4, 0.5) is 0 Å². The number of hydrogen-bond acceptors (Lipinski definition) is 3. The Hall–Kier alpha value is -0.420. The Balaban J connectivity index is 1.83. The van der Waals surface area contributed by atoms with E-state index in [4.69, 9.17) is 5.73 Å². The van der Waals surface area contributed by atoms with Crippen LogP contribution in [0.15, 0.2) is 0 Å². The highest BCUT2D eigenvalue weighted by atomic mass is 32.2. The Morgan fingerprint density at radius 3 is 2.40 bits per heavy atom. The van der Waals surface area contributed by atoms with Crippen LogP contribution >= 0.6 is 0 Å². The Kier molecular flexibility index (Phi) is 3.11. The molecule has 5 heteroatoms. The quantitative estimate of drug-likeness (QED) is 0.717. The lowest BCUT2D eigenvalue weighted by Gasteiger charge is -2.39. The Morgan fingerprint density at radius 2 is 1.93 bits per heavy atom. The molecule has 2 aliphatic rings. The summed E-state index contributed by atoms with van der Waals surface area (Å²) in [5.41, 5.74) is 5.80. The summed E-state index contributed by atoms with van der Waals surface area (Å²) in [6, 6.07) is 0. The van der Waals surface area contributed by atoms with Crippen molar-refractivity contribution in [2.75, 3.05) is 24.6 Å². The molecular formula is C10H18N2O2S. The van der Waals surface area contributed by atoms with E-state index in [2.05, 4.69) is 0 Å². The number of carbonyl (C=O) groups excluding carboxylic acids is 1. The zero-order chi connectivity index (χ0) is 10.9. The zero-order valence-corrected chi connectivity index (χ0v) is 9.72. The maximum Gasteiger partial charge on any atom is 0.224 e. The van der Waals surface area contributed by atoms with Crippen molar-refractivity contribution in [3.8, 4) is 0 Å². The highest BCUT2D eigenvalue weighted by Crippen LogP contribution is 2.32. The van der Waals surface area contributed by atoms with E-state index in [9.17, 15) is 9.00 Å². The minimum Gasteiger partial charge on any atom is -0.341 e. The largest absolute Gasteiger partial charge is 0.341 e. The van der Waals surface area contributed by atoms with Gasteiger partial charge in [0.05, 0.1) is 0 Å². The van der Waals surface area contributed by atoms with E-state index in [0.29, 0.717) is 31.0 Å². The van der Waals surface area contributed by atoms with Gasteiger partial charge < -0.3 is 10.6 Å². The van der Waals surface area contributed by atoms with Gasteiger partial charge in [-0.25, -0.2) is 0 Å². The Bertz CT molecular complexity index is 279. The molecule has 1 heterocycles. The van der Waals surface area contributed by atoms with E-state index in [0.717, 1.165) is 19.3 Å². The molecule has 0 atom stereocenters. The lowest BCUT2D eigenvalue weighted by atomic mass is 9.75. The van der Waals surface area contributed by atoms with Crippen LogP contribution in [-0.4, -0.2) is 45.2 Å². The molecule has 0 aromatic rings. The first-order valence-corrected chi connectivity index (χ1v) is 7.00. The van der Waals surface area contributed by atoms with Crippen LogP contribution in [0.3, 0.4) is 0 Å². The lowest BCUT2D eigenvalue weighted by Crippen LogP contribution is -2.52. The maximum absolute atomic E-state index is 11.9. The third-order valence-corrected chi connectivity index (χ3v) is 4.66. The molecule has 1 aliphatic heterocycles. The van der Waals surface area contributed by atoms with Crippen LogP contribution < -0.4 is 5.73 Å². The van der Waals surface area contributed by atoms with Gasteiger partial charge in [0.2, 0.25) is 5.91 Å². The van der Waals surface area contributed by atoms with Crippen molar-refractivity contribution < 1.29 is 9.00 Å². The molecule has 0 aromatic heterocycles. The fourth-order valence-electron chi connectivity index (χ4n) is 2.11. The fraction of sp³-hybridized carbons (Fsp3) is 0.900. The maximum atomic E-state index is 11.9. The monoisotopic (exact) mass is 230 g/mol. The van der Waals surface area contributed by atoms with Crippen LogP contribution in [-0.2, 0) is 15.6 Å². The average molecular weight is 230 g/mol. The van der Waals surface area contributed by atoms with E-state index in [1.807, 2.05) is 4.90 Å². The summed E-state index contributed by atoms with van der Waals surface area (Å²) in [6.45, 7) is 1.28. The smallest absolute Gasteiger partial charge is 0.224 e. The highest BCUT2D eigenvalue weighted by molar-refractivity contribution is 7.85. The van der Waals surface area contributed by atoms with E-state index < -0.39 is 10.8 Å². The highest BCUT2D eigenvalue weighted by Gasteiger charge is 2.36. The van der Waals surface area contributed by atoms with E-state index in [1.54, 1.807) is 0 Å². The second-order valence-corrected chi connectivity index (χ2v) is 6.32. The molecule has 0 radical (unpaired) electrons. The van der Waals surface area contributed by atoms with Gasteiger partial charge in [-0.2, -0.15) is 0 Å². The molecule has 0 unspecified atom stereocenters. The topological polar surface area (TPSA) is 63.4 Å². The van der Waals surface area contributed by atoms with Crippen molar-refractivity contribution >= 4 is 16.7 Å². The van der Waals surface area contributed by atoms with Crippen molar-refractivity contribution in [3.63, 3.8) is 0 Å². The fourth-order valence-corrected chi connectivity index (χ4v) is 3.16. The van der Waals surface area contributed by atoms with Crippen LogP contribution in [0.1, 0.15) is 25.7 Å². The summed E-state index contributed by atoms with van der Waals surface area (Å²) in [7, 11) is -0.714. The molecule has 2 N–H and O–H groups in total. The molecule has 1 saturated carbocycles. The predicted octanol–water partition coefficient (Wildman–Crippen LogP) is -0.151. The molecule has 15 heavy (non-hydrogen) atoms. The summed E-state index contributed by atoms with van der Waals surface area (Å²) in [5.74, 6) is 1.40. The predicted molar refractivity (Wildman–Crippen MR) is 59.8 cm³/mol. The Labute approximate surface area is 92.6 Å². The van der Waals surface area contributed by atoms with Gasteiger partial charge in [-0.15, -0.1) is 0 Å². The third-order valence-electron chi connectivity index (χ3n) is 3.38. The Morgan fingerprint density at radius 1 is 1.33 bits per heavy atom. The molecule has 1 aliphatic carbocycles. The molecular weight excluding hydrogens is 212 g/mol. The molecule has 0 spiro atoms. The average Bonchev–Trinajstić information content (AvgIpc) is 2.16. The van der Waals surface area contributed by atoms with Gasteiger partial charge in [0, 0.05) is 47.4 Å². The molecule has 2 fully saturated rings. The number of nitrogens with two attached hydrogens (primary N) is 1. The minimum absolute atomic E-state index is 0.147. The van der Waals surface area contributed by atoms with Gasteiger partial charge in [0.15, 0.2) is 0 Å². The molecule has 2 rings (SSSR count). The zero-order valence-electron chi connectivity index (χ0n) is 8.91. The van der Waals surface area contributed by atoms with Crippen LogP contribution in [0, 0.1) is 0 Å². The summed E-state index contributed by atoms with van der Waals surface area (Å²) in [5, 5.41) is 0. The van der Waals surface area contributed by atoms with Crippen molar-refractivity contribution in [3.05, 3.63) is 0 Å². The number of rotatable bonds is 2. The lowest BCUT2D eigenvalue weighted by molar-refractivity contribution is -0.132. The van der Waals surface area contributed by atoms with Gasteiger partial charge in [-0.3, -0.25) is 9.00 Å². The summed E-state index contributed by atoms with van der Waals surface area (Å²) in [4.78, 5) is 13.7. The first-order valence-electron chi connectivity index (χ1n) is 5.51. The van der Waals surface area contributed by atoms with Gasteiger partial charge in [-0.05, 0) is 19.3 Å².